The highest BCUT2D eigenvalue weighted by molar-refractivity contribution is 7.14. The van der Waals surface area contributed by atoms with Crippen LogP contribution in [-0.4, -0.2) is 10.9 Å². The Balaban J connectivity index is 1.27. The fourth-order valence-electron chi connectivity index (χ4n) is 6.92. The van der Waals surface area contributed by atoms with E-state index in [1.54, 1.807) is 11.3 Å². The number of amides is 1. The summed E-state index contributed by atoms with van der Waals surface area (Å²) in [5.74, 6) is 2.60. The van der Waals surface area contributed by atoms with Gasteiger partial charge in [0.1, 0.15) is 0 Å². The predicted octanol–water partition coefficient (Wildman–Crippen LogP) is 6.48. The number of nitrogens with one attached hydrogen (secondary N) is 1. The molecular formula is C27H28N2OS. The lowest BCUT2D eigenvalue weighted by atomic mass is 9.49. The quantitative estimate of drug-likeness (QED) is 0.505. The summed E-state index contributed by atoms with van der Waals surface area (Å²) in [5, 5.41) is 6.10. The Morgan fingerprint density at radius 1 is 0.871 bits per heavy atom. The summed E-state index contributed by atoms with van der Waals surface area (Å²) in [6, 6.07) is 21.0. The maximum absolute atomic E-state index is 13.4. The largest absolute Gasteiger partial charge is 0.301 e. The minimum atomic E-state index is -0.140. The van der Waals surface area contributed by atoms with E-state index in [1.165, 1.54) is 30.4 Å². The van der Waals surface area contributed by atoms with Crippen LogP contribution in [0.1, 0.15) is 61.3 Å². The molecule has 1 amide bonds. The van der Waals surface area contributed by atoms with E-state index in [1.807, 2.05) is 12.1 Å². The Kier molecular flexibility index (Phi) is 4.71. The van der Waals surface area contributed by atoms with E-state index >= 15 is 0 Å². The van der Waals surface area contributed by atoms with E-state index in [9.17, 15) is 4.79 Å². The second-order valence-corrected chi connectivity index (χ2v) is 10.8. The molecule has 7 rings (SSSR count). The lowest BCUT2D eigenvalue weighted by molar-refractivity contribution is -0.140. The fraction of sp³-hybridized carbons (Fsp3) is 0.407. The summed E-state index contributed by atoms with van der Waals surface area (Å²) in [4.78, 5) is 18.4. The summed E-state index contributed by atoms with van der Waals surface area (Å²) in [5.41, 5.74) is 3.30. The van der Waals surface area contributed by atoms with Crippen molar-refractivity contribution in [3.05, 3.63) is 82.9 Å². The standard InChI is InChI=1S/C27H28N2OS/c30-25(27-14-18-11-19(15-27)13-20(12-18)16-27)29-26-28-23(17-31-26)24(21-7-3-1-4-8-21)22-9-5-2-6-10-22/h1-10,17-20,24H,11-16H2,(H,28,29,30). The molecule has 1 N–H and O–H groups in total. The van der Waals surface area contributed by atoms with Crippen LogP contribution in [0.5, 0.6) is 0 Å². The molecule has 4 saturated carbocycles. The Bertz CT molecular complexity index is 1000. The summed E-state index contributed by atoms with van der Waals surface area (Å²) >= 11 is 1.56. The molecule has 4 aliphatic carbocycles. The molecule has 4 bridgehead atoms. The number of hydrogen-bond donors (Lipinski definition) is 1. The van der Waals surface area contributed by atoms with Crippen LogP contribution in [-0.2, 0) is 4.79 Å². The topological polar surface area (TPSA) is 42.0 Å². The second kappa shape index (κ2) is 7.59. The van der Waals surface area contributed by atoms with Gasteiger partial charge in [-0.25, -0.2) is 4.98 Å². The molecule has 0 radical (unpaired) electrons. The molecule has 1 heterocycles. The second-order valence-electron chi connectivity index (χ2n) is 9.98. The SMILES string of the molecule is O=C(Nc1nc(C(c2ccccc2)c2ccccc2)cs1)C12CC3CC(CC(C3)C1)C2. The van der Waals surface area contributed by atoms with Crippen molar-refractivity contribution in [1.82, 2.24) is 4.98 Å². The van der Waals surface area contributed by atoms with Crippen molar-refractivity contribution in [2.75, 3.05) is 5.32 Å². The molecule has 3 aromatic rings. The Hall–Kier alpha value is -2.46. The number of carbonyl (C=O) groups excluding carboxylic acids is 1. The molecule has 0 unspecified atom stereocenters. The highest BCUT2D eigenvalue weighted by atomic mass is 32.1. The van der Waals surface area contributed by atoms with Gasteiger partial charge < -0.3 is 5.32 Å². The molecule has 0 atom stereocenters. The van der Waals surface area contributed by atoms with E-state index in [-0.39, 0.29) is 17.2 Å². The van der Waals surface area contributed by atoms with Crippen LogP contribution in [0.15, 0.2) is 66.0 Å². The van der Waals surface area contributed by atoms with Crippen molar-refractivity contribution >= 4 is 22.4 Å². The van der Waals surface area contributed by atoms with Gasteiger partial charge in [-0.05, 0) is 67.4 Å². The molecule has 4 aliphatic rings. The third-order valence-electron chi connectivity index (χ3n) is 7.82. The number of hydrogen-bond acceptors (Lipinski definition) is 3. The van der Waals surface area contributed by atoms with Crippen molar-refractivity contribution in [2.24, 2.45) is 23.2 Å². The number of nitrogens with zero attached hydrogens (tertiary/aromatic N) is 1. The highest BCUT2D eigenvalue weighted by Crippen LogP contribution is 2.60. The average molecular weight is 429 g/mol. The van der Waals surface area contributed by atoms with Crippen LogP contribution in [0.3, 0.4) is 0 Å². The molecule has 4 heteroatoms. The van der Waals surface area contributed by atoms with E-state index < -0.39 is 0 Å². The van der Waals surface area contributed by atoms with Crippen molar-refractivity contribution in [2.45, 2.75) is 44.4 Å². The normalized spacial score (nSPS) is 28.7. The molecule has 2 aromatic carbocycles. The van der Waals surface area contributed by atoms with Gasteiger partial charge in [-0.2, -0.15) is 0 Å². The van der Waals surface area contributed by atoms with Gasteiger partial charge in [-0.3, -0.25) is 4.79 Å². The molecular weight excluding hydrogens is 400 g/mol. The molecule has 31 heavy (non-hydrogen) atoms. The molecule has 0 aliphatic heterocycles. The maximum atomic E-state index is 13.4. The lowest BCUT2D eigenvalue weighted by Gasteiger charge is -2.55. The van der Waals surface area contributed by atoms with Gasteiger partial charge in [0.15, 0.2) is 5.13 Å². The van der Waals surface area contributed by atoms with Crippen LogP contribution in [0, 0.1) is 23.2 Å². The van der Waals surface area contributed by atoms with Crippen LogP contribution in [0.25, 0.3) is 0 Å². The Morgan fingerprint density at radius 3 is 1.90 bits per heavy atom. The molecule has 3 nitrogen and oxygen atoms in total. The van der Waals surface area contributed by atoms with Crippen LogP contribution < -0.4 is 5.32 Å². The zero-order chi connectivity index (χ0) is 20.8. The predicted molar refractivity (Wildman–Crippen MR) is 125 cm³/mol. The van der Waals surface area contributed by atoms with Gasteiger partial charge in [0.2, 0.25) is 5.91 Å². The van der Waals surface area contributed by atoms with Crippen LogP contribution in [0.4, 0.5) is 5.13 Å². The number of carbonyl (C=O) groups is 1. The number of thiazole rings is 1. The minimum absolute atomic E-state index is 0.0730. The van der Waals surface area contributed by atoms with Crippen molar-refractivity contribution in [3.63, 3.8) is 0 Å². The van der Waals surface area contributed by atoms with Crippen LogP contribution >= 0.6 is 11.3 Å². The monoisotopic (exact) mass is 428 g/mol. The number of benzene rings is 2. The summed E-state index contributed by atoms with van der Waals surface area (Å²) in [7, 11) is 0. The molecule has 0 spiro atoms. The van der Waals surface area contributed by atoms with Gasteiger partial charge in [0, 0.05) is 5.38 Å². The van der Waals surface area contributed by atoms with E-state index in [0.717, 1.165) is 47.8 Å². The molecule has 0 saturated heterocycles. The summed E-state index contributed by atoms with van der Waals surface area (Å²) in [6.07, 6.45) is 7.30. The van der Waals surface area contributed by atoms with Gasteiger partial charge in [0.05, 0.1) is 17.0 Å². The molecule has 4 fully saturated rings. The Labute approximate surface area is 187 Å². The number of aromatic nitrogens is 1. The first-order valence-corrected chi connectivity index (χ1v) is 12.4. The zero-order valence-electron chi connectivity index (χ0n) is 17.7. The maximum Gasteiger partial charge on any atom is 0.232 e. The minimum Gasteiger partial charge on any atom is -0.301 e. The first kappa shape index (κ1) is 19.2. The zero-order valence-corrected chi connectivity index (χ0v) is 18.5. The third-order valence-corrected chi connectivity index (χ3v) is 8.60. The van der Waals surface area contributed by atoms with Gasteiger partial charge in [-0.1, -0.05) is 60.7 Å². The number of anilines is 1. The third kappa shape index (κ3) is 3.51. The fourth-order valence-corrected chi connectivity index (χ4v) is 7.65. The summed E-state index contributed by atoms with van der Waals surface area (Å²) in [6.45, 7) is 0. The van der Waals surface area contributed by atoms with Crippen molar-refractivity contribution in [3.8, 4) is 0 Å². The lowest BCUT2D eigenvalue weighted by Crippen LogP contribution is -2.51. The van der Waals surface area contributed by atoms with Gasteiger partial charge >= 0.3 is 0 Å². The first-order chi connectivity index (χ1) is 15.2. The first-order valence-electron chi connectivity index (χ1n) is 11.6. The summed E-state index contributed by atoms with van der Waals surface area (Å²) < 4.78 is 0. The van der Waals surface area contributed by atoms with Crippen LogP contribution in [0.2, 0.25) is 0 Å². The Morgan fingerprint density at radius 2 is 1.39 bits per heavy atom. The highest BCUT2D eigenvalue weighted by Gasteiger charge is 2.54. The average Bonchev–Trinajstić information content (AvgIpc) is 3.22. The van der Waals surface area contributed by atoms with E-state index in [2.05, 4.69) is 59.2 Å². The van der Waals surface area contributed by atoms with Crippen molar-refractivity contribution in [1.29, 1.82) is 0 Å². The molecule has 1 aromatic heterocycles. The van der Waals surface area contributed by atoms with E-state index in [4.69, 9.17) is 4.98 Å². The number of rotatable bonds is 5. The van der Waals surface area contributed by atoms with E-state index in [0.29, 0.717) is 0 Å². The van der Waals surface area contributed by atoms with Gasteiger partial charge in [0.25, 0.3) is 0 Å². The smallest absolute Gasteiger partial charge is 0.232 e. The van der Waals surface area contributed by atoms with Crippen molar-refractivity contribution < 1.29 is 4.79 Å². The molecule has 158 valence electrons. The van der Waals surface area contributed by atoms with Gasteiger partial charge in [-0.15, -0.1) is 11.3 Å².